The summed E-state index contributed by atoms with van der Waals surface area (Å²) in [5.41, 5.74) is 3.48. The lowest BCUT2D eigenvalue weighted by Crippen LogP contribution is -2.44. The molecule has 0 bridgehead atoms. The average molecular weight is 453 g/mol. The van der Waals surface area contributed by atoms with Crippen molar-refractivity contribution in [3.63, 3.8) is 0 Å². The van der Waals surface area contributed by atoms with Gasteiger partial charge in [0.15, 0.2) is 5.78 Å². The summed E-state index contributed by atoms with van der Waals surface area (Å²) in [6.45, 7) is 1.93. The molecule has 3 aliphatic rings. The molecule has 0 spiro atoms. The number of amides is 2. The lowest BCUT2D eigenvalue weighted by atomic mass is 9.83. The number of imide groups is 1. The minimum atomic E-state index is -0.975. The summed E-state index contributed by atoms with van der Waals surface area (Å²) in [4.78, 5) is 42.4. The van der Waals surface area contributed by atoms with Crippen molar-refractivity contribution in [3.8, 4) is 0 Å². The highest BCUT2D eigenvalue weighted by molar-refractivity contribution is 6.24. The highest BCUT2D eigenvalue weighted by Gasteiger charge is 2.65. The van der Waals surface area contributed by atoms with E-state index in [1.807, 2.05) is 43.3 Å². The summed E-state index contributed by atoms with van der Waals surface area (Å²) in [5.74, 6) is -3.24. The first kappa shape index (κ1) is 20.5. The summed E-state index contributed by atoms with van der Waals surface area (Å²) in [7, 11) is 0. The first-order chi connectivity index (χ1) is 16.5. The minimum Gasteiger partial charge on any atom is -0.292 e. The van der Waals surface area contributed by atoms with Gasteiger partial charge in [0, 0.05) is 5.56 Å². The number of benzene rings is 3. The molecule has 2 amide bonds. The fraction of sp³-hybridized carbons (Fsp3) is 0.185. The Balaban J connectivity index is 1.49. The topological polar surface area (TPSA) is 70.1 Å². The van der Waals surface area contributed by atoms with Crippen LogP contribution < -0.4 is 4.90 Å². The third-order valence-electron chi connectivity index (χ3n) is 6.98. The molecule has 2 fully saturated rings. The summed E-state index contributed by atoms with van der Waals surface area (Å²) < 4.78 is 13.5. The van der Waals surface area contributed by atoms with Gasteiger partial charge < -0.3 is 0 Å². The molecule has 4 atom stereocenters. The zero-order chi connectivity index (χ0) is 23.6. The van der Waals surface area contributed by atoms with E-state index in [1.165, 1.54) is 29.2 Å². The van der Waals surface area contributed by atoms with E-state index in [0.29, 0.717) is 5.69 Å². The second-order valence-corrected chi connectivity index (χ2v) is 8.91. The normalized spacial score (nSPS) is 24.8. The van der Waals surface area contributed by atoms with Gasteiger partial charge in [0.25, 0.3) is 0 Å². The smallest absolute Gasteiger partial charge is 0.240 e. The number of Topliss-reactive ketones (excluding diaryl/α,β-unsaturated/α-hetero) is 1. The second kappa shape index (κ2) is 7.45. The summed E-state index contributed by atoms with van der Waals surface area (Å²) >= 11 is 0. The van der Waals surface area contributed by atoms with Gasteiger partial charge in [0.2, 0.25) is 11.8 Å². The molecular formula is C27H20FN3O3. The van der Waals surface area contributed by atoms with Gasteiger partial charge >= 0.3 is 0 Å². The number of anilines is 1. The molecule has 3 aliphatic heterocycles. The molecule has 3 aromatic rings. The molecule has 0 unspecified atom stereocenters. The van der Waals surface area contributed by atoms with Crippen molar-refractivity contribution in [2.45, 2.75) is 19.0 Å². The molecule has 0 aliphatic carbocycles. The number of hydrogen-bond acceptors (Lipinski definition) is 5. The van der Waals surface area contributed by atoms with E-state index >= 15 is 0 Å². The number of fused-ring (bicyclic) bond motifs is 5. The monoisotopic (exact) mass is 453 g/mol. The summed E-state index contributed by atoms with van der Waals surface area (Å²) in [6, 6.07) is 18.5. The van der Waals surface area contributed by atoms with Crippen LogP contribution >= 0.6 is 0 Å². The van der Waals surface area contributed by atoms with Crippen LogP contribution in [0.15, 0.2) is 77.9 Å². The summed E-state index contributed by atoms with van der Waals surface area (Å²) in [6.07, 6.45) is 1.66. The van der Waals surface area contributed by atoms with Gasteiger partial charge in [0.05, 0.1) is 29.8 Å². The molecule has 7 heteroatoms. The highest BCUT2D eigenvalue weighted by atomic mass is 19.1. The number of aryl methyl sites for hydroxylation is 1. The molecule has 6 nitrogen and oxygen atoms in total. The fourth-order valence-electron chi connectivity index (χ4n) is 5.40. The Kier molecular flexibility index (Phi) is 4.49. The number of rotatable bonds is 3. The lowest BCUT2D eigenvalue weighted by molar-refractivity contribution is -0.124. The van der Waals surface area contributed by atoms with Gasteiger partial charge in [-0.05, 0) is 54.4 Å². The molecule has 3 aromatic carbocycles. The predicted octanol–water partition coefficient (Wildman–Crippen LogP) is 3.90. The standard InChI is InChI=1S/C27H20FN3O3/c1-15-6-12-19(13-7-15)30-26(33)21-22(27(30)34)24(25(32)16-8-10-18(28)11-9-16)31-23(21)20-5-3-2-4-17(20)14-29-31/h2-14,21-24H,1H3/t21-,22+,23-,24-/m1/s1. The van der Waals surface area contributed by atoms with E-state index in [9.17, 15) is 18.8 Å². The van der Waals surface area contributed by atoms with E-state index in [0.717, 1.165) is 16.7 Å². The number of ketones is 1. The SMILES string of the molecule is Cc1ccc(N2C(=O)[C@@H]3[C@H](C2=O)[C@H](C(=O)c2ccc(F)cc2)N2N=Cc4ccccc4[C@H]32)cc1. The van der Waals surface area contributed by atoms with Crippen molar-refractivity contribution < 1.29 is 18.8 Å². The Bertz CT molecular complexity index is 1370. The first-order valence-electron chi connectivity index (χ1n) is 11.1. The number of carbonyl (C=O) groups is 3. The quantitative estimate of drug-likeness (QED) is 0.446. The first-order valence-corrected chi connectivity index (χ1v) is 11.1. The van der Waals surface area contributed by atoms with Gasteiger partial charge in [-0.25, -0.2) is 9.29 Å². The van der Waals surface area contributed by atoms with Crippen LogP contribution in [0, 0.1) is 24.6 Å². The lowest BCUT2D eigenvalue weighted by Gasteiger charge is -2.33. The molecular weight excluding hydrogens is 433 g/mol. The molecule has 0 N–H and O–H groups in total. The zero-order valence-corrected chi connectivity index (χ0v) is 18.3. The highest BCUT2D eigenvalue weighted by Crippen LogP contribution is 2.53. The van der Waals surface area contributed by atoms with Gasteiger partial charge in [0.1, 0.15) is 11.9 Å². The number of halogens is 1. The Morgan fingerprint density at radius 1 is 0.882 bits per heavy atom. The van der Waals surface area contributed by atoms with E-state index < -0.39 is 35.6 Å². The van der Waals surface area contributed by atoms with Crippen LogP contribution in [-0.4, -0.2) is 34.9 Å². The number of hydrazone groups is 1. The van der Waals surface area contributed by atoms with Crippen LogP contribution in [0.1, 0.15) is 33.1 Å². The van der Waals surface area contributed by atoms with Gasteiger partial charge in [-0.2, -0.15) is 5.10 Å². The molecule has 0 saturated carbocycles. The van der Waals surface area contributed by atoms with Crippen molar-refractivity contribution in [2.24, 2.45) is 16.9 Å². The van der Waals surface area contributed by atoms with Crippen LogP contribution in [0.5, 0.6) is 0 Å². The van der Waals surface area contributed by atoms with E-state index in [4.69, 9.17) is 0 Å². The fourth-order valence-corrected chi connectivity index (χ4v) is 5.40. The van der Waals surface area contributed by atoms with Crippen LogP contribution in [-0.2, 0) is 9.59 Å². The van der Waals surface area contributed by atoms with E-state index in [1.54, 1.807) is 23.4 Å². The van der Waals surface area contributed by atoms with Crippen LogP contribution in [0.3, 0.4) is 0 Å². The Morgan fingerprint density at radius 2 is 1.56 bits per heavy atom. The molecule has 168 valence electrons. The Hall–Kier alpha value is -4.13. The number of carbonyl (C=O) groups excluding carboxylic acids is 3. The van der Waals surface area contributed by atoms with Crippen molar-refractivity contribution in [1.29, 1.82) is 0 Å². The number of hydrogen-bond donors (Lipinski definition) is 0. The largest absolute Gasteiger partial charge is 0.292 e. The third-order valence-corrected chi connectivity index (χ3v) is 6.98. The van der Waals surface area contributed by atoms with Gasteiger partial charge in [-0.3, -0.25) is 19.4 Å². The van der Waals surface area contributed by atoms with Gasteiger partial charge in [-0.15, -0.1) is 0 Å². The molecule has 34 heavy (non-hydrogen) atoms. The van der Waals surface area contributed by atoms with E-state index in [2.05, 4.69) is 5.10 Å². The van der Waals surface area contributed by atoms with Crippen molar-refractivity contribution in [1.82, 2.24) is 5.01 Å². The predicted molar refractivity (Wildman–Crippen MR) is 124 cm³/mol. The Labute approximate surface area is 195 Å². The maximum Gasteiger partial charge on any atom is 0.240 e. The molecule has 2 saturated heterocycles. The second-order valence-electron chi connectivity index (χ2n) is 8.91. The molecule has 0 radical (unpaired) electrons. The maximum absolute atomic E-state index is 13.8. The van der Waals surface area contributed by atoms with Crippen molar-refractivity contribution in [2.75, 3.05) is 4.90 Å². The third kappa shape index (κ3) is 2.86. The minimum absolute atomic E-state index is 0.272. The van der Waals surface area contributed by atoms with Gasteiger partial charge in [-0.1, -0.05) is 42.0 Å². The van der Waals surface area contributed by atoms with Crippen molar-refractivity contribution in [3.05, 3.63) is 101 Å². The average Bonchev–Trinajstić information content (AvgIpc) is 3.32. The number of nitrogens with zero attached hydrogens (tertiary/aromatic N) is 3. The zero-order valence-electron chi connectivity index (χ0n) is 18.3. The molecule has 3 heterocycles. The van der Waals surface area contributed by atoms with E-state index in [-0.39, 0.29) is 17.3 Å². The summed E-state index contributed by atoms with van der Waals surface area (Å²) in [5, 5.41) is 6.13. The van der Waals surface area contributed by atoms with Crippen LogP contribution in [0.25, 0.3) is 0 Å². The van der Waals surface area contributed by atoms with Crippen LogP contribution in [0.2, 0.25) is 0 Å². The maximum atomic E-state index is 13.8. The molecule has 0 aromatic heterocycles. The van der Waals surface area contributed by atoms with Crippen molar-refractivity contribution >= 4 is 29.5 Å². The Morgan fingerprint density at radius 3 is 2.29 bits per heavy atom. The van der Waals surface area contributed by atoms with Crippen LogP contribution in [0.4, 0.5) is 10.1 Å². The molecule has 6 rings (SSSR count).